The third-order valence-electron chi connectivity index (χ3n) is 7.02. The molecule has 3 aromatic rings. The highest BCUT2D eigenvalue weighted by atomic mass is 16.5. The van der Waals surface area contributed by atoms with E-state index in [-0.39, 0.29) is 12.1 Å². The fourth-order valence-corrected chi connectivity index (χ4v) is 4.95. The SMILES string of the molecule is CC(C)n1ncnc1-c1cn2c(n1)-c1cc([C@@H](C)N3CCN(C(C)(C)O)CC3)ccc1OCC2. The highest BCUT2D eigenvalue weighted by molar-refractivity contribution is 5.69. The molecule has 1 fully saturated rings. The Balaban J connectivity index is 1.44. The van der Waals surface area contributed by atoms with Gasteiger partial charge in [-0.15, -0.1) is 0 Å². The number of hydrogen-bond acceptors (Lipinski definition) is 7. The van der Waals surface area contributed by atoms with Crippen molar-refractivity contribution in [2.75, 3.05) is 32.8 Å². The summed E-state index contributed by atoms with van der Waals surface area (Å²) in [6.07, 6.45) is 3.65. The Morgan fingerprint density at radius 3 is 2.50 bits per heavy atom. The van der Waals surface area contributed by atoms with Gasteiger partial charge < -0.3 is 14.4 Å². The normalized spacial score (nSPS) is 18.3. The van der Waals surface area contributed by atoms with Gasteiger partial charge in [-0.3, -0.25) is 9.80 Å². The lowest BCUT2D eigenvalue weighted by Gasteiger charge is -2.43. The molecule has 0 spiro atoms. The molecule has 4 heterocycles. The van der Waals surface area contributed by atoms with Gasteiger partial charge in [0.25, 0.3) is 0 Å². The van der Waals surface area contributed by atoms with Crippen molar-refractivity contribution in [2.45, 2.75) is 59.0 Å². The number of aliphatic hydroxyl groups is 1. The number of imidazole rings is 1. The van der Waals surface area contributed by atoms with Gasteiger partial charge in [0.1, 0.15) is 35.9 Å². The molecule has 1 N–H and O–H groups in total. The van der Waals surface area contributed by atoms with Gasteiger partial charge in [-0.1, -0.05) is 6.07 Å². The van der Waals surface area contributed by atoms with Crippen molar-refractivity contribution in [1.82, 2.24) is 34.1 Å². The van der Waals surface area contributed by atoms with Crippen LogP contribution in [-0.4, -0.2) is 77.7 Å². The van der Waals surface area contributed by atoms with Crippen LogP contribution in [0.2, 0.25) is 0 Å². The van der Waals surface area contributed by atoms with E-state index in [1.807, 2.05) is 18.5 Å². The van der Waals surface area contributed by atoms with Crippen LogP contribution in [0.5, 0.6) is 5.75 Å². The predicted octanol–water partition coefficient (Wildman–Crippen LogP) is 3.19. The summed E-state index contributed by atoms with van der Waals surface area (Å²) in [5.41, 5.74) is 2.31. The minimum absolute atomic E-state index is 0.207. The Labute approximate surface area is 201 Å². The highest BCUT2D eigenvalue weighted by Gasteiger charge is 2.30. The lowest BCUT2D eigenvalue weighted by atomic mass is 10.0. The number of ether oxygens (including phenoxy) is 1. The molecule has 5 rings (SSSR count). The molecule has 2 aliphatic rings. The van der Waals surface area contributed by atoms with E-state index < -0.39 is 5.72 Å². The summed E-state index contributed by atoms with van der Waals surface area (Å²) in [6, 6.07) is 6.93. The maximum Gasteiger partial charge on any atom is 0.178 e. The van der Waals surface area contributed by atoms with Crippen molar-refractivity contribution in [3.05, 3.63) is 36.3 Å². The predicted molar refractivity (Wildman–Crippen MR) is 130 cm³/mol. The molecule has 9 nitrogen and oxygen atoms in total. The van der Waals surface area contributed by atoms with Crippen LogP contribution in [0.4, 0.5) is 0 Å². The average molecular weight is 466 g/mol. The summed E-state index contributed by atoms with van der Waals surface area (Å²) < 4.78 is 10.1. The highest BCUT2D eigenvalue weighted by Crippen LogP contribution is 2.37. The van der Waals surface area contributed by atoms with Gasteiger partial charge in [-0.05, 0) is 52.3 Å². The molecular weight excluding hydrogens is 430 g/mol. The minimum Gasteiger partial charge on any atom is -0.491 e. The number of hydrogen-bond donors (Lipinski definition) is 1. The molecule has 2 aliphatic heterocycles. The Hall–Kier alpha value is -2.75. The molecule has 1 aromatic carbocycles. The van der Waals surface area contributed by atoms with Crippen LogP contribution in [0.25, 0.3) is 22.9 Å². The van der Waals surface area contributed by atoms with Gasteiger partial charge in [-0.2, -0.15) is 5.10 Å². The number of fused-ring (bicyclic) bond motifs is 3. The van der Waals surface area contributed by atoms with Crippen LogP contribution in [0.1, 0.15) is 52.3 Å². The second kappa shape index (κ2) is 8.79. The van der Waals surface area contributed by atoms with Gasteiger partial charge in [0.05, 0.1) is 12.1 Å². The average Bonchev–Trinajstić information content (AvgIpc) is 3.42. The van der Waals surface area contributed by atoms with E-state index >= 15 is 0 Å². The molecule has 0 saturated carbocycles. The van der Waals surface area contributed by atoms with Crippen LogP contribution in [0, 0.1) is 0 Å². The van der Waals surface area contributed by atoms with Gasteiger partial charge in [0.2, 0.25) is 0 Å². The van der Waals surface area contributed by atoms with Crippen molar-refractivity contribution < 1.29 is 9.84 Å². The summed E-state index contributed by atoms with van der Waals surface area (Å²) >= 11 is 0. The fourth-order valence-electron chi connectivity index (χ4n) is 4.95. The molecule has 0 aliphatic carbocycles. The Morgan fingerprint density at radius 2 is 1.79 bits per heavy atom. The number of benzene rings is 1. The summed E-state index contributed by atoms with van der Waals surface area (Å²) in [7, 11) is 0. The zero-order chi connectivity index (χ0) is 24.0. The molecule has 0 radical (unpaired) electrons. The molecule has 2 aromatic heterocycles. The summed E-state index contributed by atoms with van der Waals surface area (Å²) in [4.78, 5) is 14.1. The summed E-state index contributed by atoms with van der Waals surface area (Å²) in [5.74, 6) is 2.55. The van der Waals surface area contributed by atoms with E-state index in [0.717, 1.165) is 61.4 Å². The third kappa shape index (κ3) is 4.23. The first-order valence-corrected chi connectivity index (χ1v) is 12.2. The summed E-state index contributed by atoms with van der Waals surface area (Å²) in [5, 5.41) is 14.7. The molecule has 1 saturated heterocycles. The summed E-state index contributed by atoms with van der Waals surface area (Å²) in [6.45, 7) is 15.0. The molecule has 34 heavy (non-hydrogen) atoms. The first-order valence-electron chi connectivity index (χ1n) is 12.2. The van der Waals surface area contributed by atoms with Crippen molar-refractivity contribution >= 4 is 0 Å². The molecule has 9 heteroatoms. The fraction of sp³-hybridized carbons (Fsp3) is 0.560. The number of piperazine rings is 1. The zero-order valence-corrected chi connectivity index (χ0v) is 20.8. The number of nitrogens with zero attached hydrogens (tertiary/aromatic N) is 7. The van der Waals surface area contributed by atoms with E-state index in [0.29, 0.717) is 6.61 Å². The lowest BCUT2D eigenvalue weighted by molar-refractivity contribution is -0.0995. The Bertz CT molecular complexity index is 1150. The van der Waals surface area contributed by atoms with E-state index in [4.69, 9.17) is 9.72 Å². The lowest BCUT2D eigenvalue weighted by Crippen LogP contribution is -2.54. The van der Waals surface area contributed by atoms with Crippen LogP contribution in [0.15, 0.2) is 30.7 Å². The molecular formula is C25H35N7O2. The molecule has 0 unspecified atom stereocenters. The molecule has 1 atom stereocenters. The van der Waals surface area contributed by atoms with Crippen LogP contribution in [0.3, 0.4) is 0 Å². The van der Waals surface area contributed by atoms with E-state index in [9.17, 15) is 5.11 Å². The van der Waals surface area contributed by atoms with Crippen LogP contribution in [-0.2, 0) is 6.54 Å². The quantitative estimate of drug-likeness (QED) is 0.619. The number of rotatable bonds is 5. The van der Waals surface area contributed by atoms with Crippen molar-refractivity contribution in [2.24, 2.45) is 0 Å². The maximum atomic E-state index is 10.3. The van der Waals surface area contributed by atoms with Crippen LogP contribution >= 0.6 is 0 Å². The molecule has 182 valence electrons. The second-order valence-electron chi connectivity index (χ2n) is 10.1. The van der Waals surface area contributed by atoms with Gasteiger partial charge in [0, 0.05) is 44.5 Å². The van der Waals surface area contributed by atoms with Crippen molar-refractivity contribution in [3.63, 3.8) is 0 Å². The van der Waals surface area contributed by atoms with Gasteiger partial charge in [0.15, 0.2) is 5.82 Å². The van der Waals surface area contributed by atoms with Crippen molar-refractivity contribution in [3.8, 4) is 28.7 Å². The monoisotopic (exact) mass is 465 g/mol. The minimum atomic E-state index is -0.772. The van der Waals surface area contributed by atoms with E-state index in [1.165, 1.54) is 5.56 Å². The van der Waals surface area contributed by atoms with E-state index in [1.54, 1.807) is 6.33 Å². The van der Waals surface area contributed by atoms with Gasteiger partial charge in [-0.25, -0.2) is 14.6 Å². The first-order chi connectivity index (χ1) is 16.2. The number of aromatic nitrogens is 5. The molecule has 0 bridgehead atoms. The second-order valence-corrected chi connectivity index (χ2v) is 10.1. The van der Waals surface area contributed by atoms with Crippen molar-refractivity contribution in [1.29, 1.82) is 0 Å². The van der Waals surface area contributed by atoms with Gasteiger partial charge >= 0.3 is 0 Å². The first kappa shape index (κ1) is 23.0. The zero-order valence-electron chi connectivity index (χ0n) is 20.8. The standard InChI is InChI=1S/C25H35N7O2/c1-17(2)32-24(26-16-27-32)21-15-30-12-13-34-22-7-6-19(14-20(22)23(30)28-21)18(3)29-8-10-31(11-9-29)25(4,5)33/h6-7,14-18,33H,8-13H2,1-5H3/t18-/m1/s1. The van der Waals surface area contributed by atoms with E-state index in [2.05, 4.69) is 69.6 Å². The van der Waals surface area contributed by atoms with Crippen LogP contribution < -0.4 is 4.74 Å². The topological polar surface area (TPSA) is 84.5 Å². The molecule has 0 amide bonds. The third-order valence-corrected chi connectivity index (χ3v) is 7.02. The Kier molecular flexibility index (Phi) is 5.95. The smallest absolute Gasteiger partial charge is 0.178 e. The maximum absolute atomic E-state index is 10.3. The largest absolute Gasteiger partial charge is 0.491 e. The Morgan fingerprint density at radius 1 is 1.03 bits per heavy atom.